The van der Waals surface area contributed by atoms with Crippen LogP contribution in [0, 0.1) is 5.92 Å². The van der Waals surface area contributed by atoms with E-state index in [0.29, 0.717) is 5.92 Å². The van der Waals surface area contributed by atoms with Gasteiger partial charge in [-0.05, 0) is 37.4 Å². The summed E-state index contributed by atoms with van der Waals surface area (Å²) in [4.78, 5) is 19.3. The van der Waals surface area contributed by atoms with Crippen molar-refractivity contribution in [1.29, 1.82) is 0 Å². The van der Waals surface area contributed by atoms with Gasteiger partial charge in [-0.2, -0.15) is 0 Å². The summed E-state index contributed by atoms with van der Waals surface area (Å²) in [7, 11) is 0. The summed E-state index contributed by atoms with van der Waals surface area (Å²) < 4.78 is 0. The average Bonchev–Trinajstić information content (AvgIpc) is 3.09. The fourth-order valence-electron chi connectivity index (χ4n) is 3.89. The van der Waals surface area contributed by atoms with Crippen LogP contribution in [0.4, 0.5) is 4.79 Å². The minimum absolute atomic E-state index is 0.119. The van der Waals surface area contributed by atoms with Crippen molar-refractivity contribution >= 4 is 6.03 Å². The summed E-state index contributed by atoms with van der Waals surface area (Å²) in [6.07, 6.45) is 2.43. The molecule has 3 rings (SSSR count). The Morgan fingerprint density at radius 1 is 1.08 bits per heavy atom. The van der Waals surface area contributed by atoms with Crippen LogP contribution in [0.2, 0.25) is 0 Å². The highest BCUT2D eigenvalue weighted by atomic mass is 16.2. The quantitative estimate of drug-likeness (QED) is 0.860. The maximum absolute atomic E-state index is 12.4. The highest BCUT2D eigenvalue weighted by Gasteiger charge is 2.24. The van der Waals surface area contributed by atoms with Crippen molar-refractivity contribution in [2.75, 3.05) is 52.4 Å². The molecule has 1 aromatic rings. The van der Waals surface area contributed by atoms with Gasteiger partial charge in [-0.25, -0.2) is 4.79 Å². The van der Waals surface area contributed by atoms with Crippen LogP contribution in [0.5, 0.6) is 0 Å². The molecule has 2 aliphatic rings. The molecule has 0 aromatic heterocycles. The molecule has 1 N–H and O–H groups in total. The van der Waals surface area contributed by atoms with E-state index >= 15 is 0 Å². The zero-order valence-corrected chi connectivity index (χ0v) is 15.5. The zero-order chi connectivity index (χ0) is 17.5. The van der Waals surface area contributed by atoms with Crippen LogP contribution < -0.4 is 5.32 Å². The molecule has 5 nitrogen and oxygen atoms in total. The lowest BCUT2D eigenvalue weighted by atomic mass is 10.1. The molecule has 5 heteroatoms. The SMILES string of the molecule is CCCN1CC[C@@H](CNC(=O)N2CCN(Cc3ccccc3)CC2)C1. The normalized spacial score (nSPS) is 22.3. The molecule has 2 amide bonds. The molecule has 25 heavy (non-hydrogen) atoms. The van der Waals surface area contributed by atoms with Crippen LogP contribution in [-0.2, 0) is 6.54 Å². The van der Waals surface area contributed by atoms with Crippen molar-refractivity contribution in [3.8, 4) is 0 Å². The molecule has 0 aliphatic carbocycles. The molecular weight excluding hydrogens is 312 g/mol. The Morgan fingerprint density at radius 2 is 1.84 bits per heavy atom. The molecule has 0 spiro atoms. The number of urea groups is 1. The van der Waals surface area contributed by atoms with E-state index in [0.717, 1.165) is 45.8 Å². The Hall–Kier alpha value is -1.59. The first-order valence-electron chi connectivity index (χ1n) is 9.76. The minimum atomic E-state index is 0.119. The van der Waals surface area contributed by atoms with Crippen molar-refractivity contribution in [3.63, 3.8) is 0 Å². The van der Waals surface area contributed by atoms with Gasteiger partial charge in [-0.1, -0.05) is 37.3 Å². The standard InChI is InChI=1S/C20H32N4O/c1-2-9-22-10-8-19(17-22)15-21-20(25)24-13-11-23(12-14-24)16-18-6-4-3-5-7-18/h3-7,19H,2,8-17H2,1H3,(H,21,25)/t19-/m0/s1. The van der Waals surface area contributed by atoms with Crippen molar-refractivity contribution in [3.05, 3.63) is 35.9 Å². The van der Waals surface area contributed by atoms with Gasteiger partial charge in [-0.3, -0.25) is 4.90 Å². The maximum Gasteiger partial charge on any atom is 0.317 e. The van der Waals surface area contributed by atoms with Crippen molar-refractivity contribution < 1.29 is 4.79 Å². The number of nitrogens with zero attached hydrogens (tertiary/aromatic N) is 3. The predicted molar refractivity (Wildman–Crippen MR) is 102 cm³/mol. The summed E-state index contributed by atoms with van der Waals surface area (Å²) in [5, 5.41) is 3.16. The first kappa shape index (κ1) is 18.2. The number of benzene rings is 1. The van der Waals surface area contributed by atoms with Crippen LogP contribution in [0.15, 0.2) is 30.3 Å². The van der Waals surface area contributed by atoms with Crippen molar-refractivity contribution in [1.82, 2.24) is 20.0 Å². The Balaban J connectivity index is 1.34. The summed E-state index contributed by atoms with van der Waals surface area (Å²) in [6.45, 7) is 11.1. The molecule has 138 valence electrons. The summed E-state index contributed by atoms with van der Waals surface area (Å²) in [5.74, 6) is 0.620. The van der Waals surface area contributed by atoms with E-state index in [2.05, 4.69) is 52.4 Å². The number of likely N-dealkylation sites (tertiary alicyclic amines) is 1. The highest BCUT2D eigenvalue weighted by molar-refractivity contribution is 5.74. The molecule has 0 radical (unpaired) electrons. The summed E-state index contributed by atoms with van der Waals surface area (Å²) >= 11 is 0. The second-order valence-electron chi connectivity index (χ2n) is 7.39. The van der Waals surface area contributed by atoms with E-state index in [1.807, 2.05) is 4.90 Å². The molecule has 1 atom stereocenters. The van der Waals surface area contributed by atoms with Gasteiger partial charge in [0.2, 0.25) is 0 Å². The van der Waals surface area contributed by atoms with Crippen LogP contribution >= 0.6 is 0 Å². The fourth-order valence-corrected chi connectivity index (χ4v) is 3.89. The van der Waals surface area contributed by atoms with Crippen molar-refractivity contribution in [2.24, 2.45) is 5.92 Å². The number of carbonyl (C=O) groups is 1. The molecule has 2 aliphatic heterocycles. The second kappa shape index (κ2) is 9.20. The Morgan fingerprint density at radius 3 is 2.56 bits per heavy atom. The van der Waals surface area contributed by atoms with Crippen LogP contribution in [0.1, 0.15) is 25.3 Å². The average molecular weight is 345 g/mol. The molecule has 0 saturated carbocycles. The number of hydrogen-bond acceptors (Lipinski definition) is 3. The number of hydrogen-bond donors (Lipinski definition) is 1. The van der Waals surface area contributed by atoms with E-state index in [1.54, 1.807) is 0 Å². The lowest BCUT2D eigenvalue weighted by molar-refractivity contribution is 0.134. The fraction of sp³-hybridized carbons (Fsp3) is 0.650. The molecular formula is C20H32N4O. The Bertz CT molecular complexity index is 528. The Kier molecular flexibility index (Phi) is 6.70. The predicted octanol–water partition coefficient (Wildman–Crippen LogP) is 2.25. The minimum Gasteiger partial charge on any atom is -0.338 e. The van der Waals surface area contributed by atoms with Crippen LogP contribution in [-0.4, -0.2) is 73.1 Å². The third kappa shape index (κ3) is 5.44. The highest BCUT2D eigenvalue weighted by Crippen LogP contribution is 2.15. The van der Waals surface area contributed by atoms with Crippen LogP contribution in [0.3, 0.4) is 0 Å². The van der Waals surface area contributed by atoms with Gasteiger partial charge in [0.25, 0.3) is 0 Å². The molecule has 2 fully saturated rings. The number of carbonyl (C=O) groups excluding carboxylic acids is 1. The van der Waals surface area contributed by atoms with Crippen molar-refractivity contribution in [2.45, 2.75) is 26.3 Å². The van der Waals surface area contributed by atoms with Crippen LogP contribution in [0.25, 0.3) is 0 Å². The number of piperazine rings is 1. The first-order chi connectivity index (χ1) is 12.2. The van der Waals surface area contributed by atoms with Gasteiger partial charge < -0.3 is 15.1 Å². The van der Waals surface area contributed by atoms with Gasteiger partial charge in [0.15, 0.2) is 0 Å². The summed E-state index contributed by atoms with van der Waals surface area (Å²) in [5.41, 5.74) is 1.35. The van der Waals surface area contributed by atoms with Gasteiger partial charge in [0.05, 0.1) is 0 Å². The topological polar surface area (TPSA) is 38.8 Å². The number of amides is 2. The first-order valence-corrected chi connectivity index (χ1v) is 9.76. The maximum atomic E-state index is 12.4. The van der Waals surface area contributed by atoms with Gasteiger partial charge in [-0.15, -0.1) is 0 Å². The molecule has 0 unspecified atom stereocenters. The molecule has 1 aromatic carbocycles. The van der Waals surface area contributed by atoms with Gasteiger partial charge >= 0.3 is 6.03 Å². The van der Waals surface area contributed by atoms with E-state index in [1.165, 1.54) is 31.5 Å². The van der Waals surface area contributed by atoms with E-state index in [4.69, 9.17) is 0 Å². The van der Waals surface area contributed by atoms with E-state index in [9.17, 15) is 4.79 Å². The molecule has 0 bridgehead atoms. The number of nitrogens with one attached hydrogen (secondary N) is 1. The second-order valence-corrected chi connectivity index (χ2v) is 7.39. The lowest BCUT2D eigenvalue weighted by Gasteiger charge is -2.35. The Labute approximate surface area is 152 Å². The van der Waals surface area contributed by atoms with E-state index < -0.39 is 0 Å². The smallest absolute Gasteiger partial charge is 0.317 e. The zero-order valence-electron chi connectivity index (χ0n) is 15.5. The van der Waals surface area contributed by atoms with E-state index in [-0.39, 0.29) is 6.03 Å². The largest absolute Gasteiger partial charge is 0.338 e. The molecule has 2 saturated heterocycles. The van der Waals surface area contributed by atoms with Gasteiger partial charge in [0, 0.05) is 45.8 Å². The summed E-state index contributed by atoms with van der Waals surface area (Å²) in [6, 6.07) is 10.7. The monoisotopic (exact) mass is 344 g/mol. The third-order valence-electron chi connectivity index (χ3n) is 5.36. The third-order valence-corrected chi connectivity index (χ3v) is 5.36. The molecule has 2 heterocycles. The number of rotatable bonds is 6. The van der Waals surface area contributed by atoms with Gasteiger partial charge in [0.1, 0.15) is 0 Å². The lowest BCUT2D eigenvalue weighted by Crippen LogP contribution is -2.52.